The molecule has 0 saturated heterocycles. The van der Waals surface area contributed by atoms with Crippen LogP contribution in [0, 0.1) is 6.92 Å². The van der Waals surface area contributed by atoms with Crippen LogP contribution in [-0.4, -0.2) is 35.9 Å². The summed E-state index contributed by atoms with van der Waals surface area (Å²) in [6.07, 6.45) is 9.60. The van der Waals surface area contributed by atoms with E-state index in [1.165, 1.54) is 6.42 Å². The third kappa shape index (κ3) is 4.56. The van der Waals surface area contributed by atoms with Gasteiger partial charge in [-0.2, -0.15) is 0 Å². The molecule has 0 aliphatic heterocycles. The number of ether oxygens (including phenoxy) is 1. The maximum atomic E-state index is 5.96. The standard InChI is InChI=1S/C16H22BrN3O/c1-4-20(3)11-18-15-10-14(17)16(19-12(15)2)21-13-8-6-5-7-9-13/h6,8,10-11,13H,4-5,7,9H2,1-3H3/b18-11+. The number of nitrogens with zero attached hydrogens (tertiary/aromatic N) is 3. The Labute approximate surface area is 135 Å². The van der Waals surface area contributed by atoms with E-state index in [2.05, 4.69) is 45.0 Å². The average Bonchev–Trinajstić information content (AvgIpc) is 2.50. The monoisotopic (exact) mass is 351 g/mol. The second-order valence-corrected chi connectivity index (χ2v) is 6.07. The Morgan fingerprint density at radius 1 is 1.57 bits per heavy atom. The summed E-state index contributed by atoms with van der Waals surface area (Å²) in [7, 11) is 1.99. The fourth-order valence-electron chi connectivity index (χ4n) is 2.03. The molecule has 5 heteroatoms. The van der Waals surface area contributed by atoms with Crippen LogP contribution < -0.4 is 4.74 Å². The van der Waals surface area contributed by atoms with Crippen LogP contribution in [-0.2, 0) is 0 Å². The Balaban J connectivity index is 2.14. The maximum absolute atomic E-state index is 5.96. The molecule has 0 aromatic carbocycles. The zero-order chi connectivity index (χ0) is 15.2. The molecular weight excluding hydrogens is 330 g/mol. The molecule has 21 heavy (non-hydrogen) atoms. The van der Waals surface area contributed by atoms with Gasteiger partial charge in [0.25, 0.3) is 0 Å². The topological polar surface area (TPSA) is 37.7 Å². The molecular formula is C16H22BrN3O. The summed E-state index contributed by atoms with van der Waals surface area (Å²) in [5.41, 5.74) is 1.72. The van der Waals surface area contributed by atoms with Crippen molar-refractivity contribution in [3.8, 4) is 5.88 Å². The Hall–Kier alpha value is -1.36. The van der Waals surface area contributed by atoms with Crippen LogP contribution in [0.25, 0.3) is 0 Å². The summed E-state index contributed by atoms with van der Waals surface area (Å²) in [5.74, 6) is 0.645. The third-order valence-electron chi connectivity index (χ3n) is 3.47. The van der Waals surface area contributed by atoms with Crippen molar-refractivity contribution in [1.29, 1.82) is 0 Å². The van der Waals surface area contributed by atoms with Gasteiger partial charge in [-0.15, -0.1) is 0 Å². The van der Waals surface area contributed by atoms with Crippen LogP contribution >= 0.6 is 15.9 Å². The highest BCUT2D eigenvalue weighted by atomic mass is 79.9. The van der Waals surface area contributed by atoms with Crippen LogP contribution in [0.2, 0.25) is 0 Å². The molecule has 0 spiro atoms. The van der Waals surface area contributed by atoms with E-state index in [1.54, 1.807) is 0 Å². The molecule has 1 aliphatic rings. The van der Waals surface area contributed by atoms with Crippen LogP contribution in [0.3, 0.4) is 0 Å². The average molecular weight is 352 g/mol. The molecule has 1 aromatic rings. The molecule has 0 fully saturated rings. The quantitative estimate of drug-likeness (QED) is 0.452. The van der Waals surface area contributed by atoms with Gasteiger partial charge in [0.15, 0.2) is 0 Å². The second kappa shape index (κ2) is 7.59. The molecule has 0 saturated carbocycles. The summed E-state index contributed by atoms with van der Waals surface area (Å²) >= 11 is 3.53. The van der Waals surface area contributed by atoms with Gasteiger partial charge in [-0.1, -0.05) is 6.08 Å². The summed E-state index contributed by atoms with van der Waals surface area (Å²) in [6.45, 7) is 4.96. The first-order chi connectivity index (χ1) is 10.1. The Bertz CT molecular complexity index is 543. The van der Waals surface area contributed by atoms with Crippen molar-refractivity contribution in [3.05, 3.63) is 28.4 Å². The van der Waals surface area contributed by atoms with Crippen LogP contribution in [0.15, 0.2) is 27.7 Å². The SMILES string of the molecule is CCN(C)/C=N/c1cc(Br)c(OC2C=CCCC2)nc1C. The zero-order valence-corrected chi connectivity index (χ0v) is 14.4. The summed E-state index contributed by atoms with van der Waals surface area (Å²) in [4.78, 5) is 11.0. The molecule has 0 bridgehead atoms. The molecule has 1 atom stereocenters. The van der Waals surface area contributed by atoms with Crippen molar-refractivity contribution in [2.75, 3.05) is 13.6 Å². The lowest BCUT2D eigenvalue weighted by molar-refractivity contribution is 0.219. The van der Waals surface area contributed by atoms with Gasteiger partial charge in [0, 0.05) is 13.6 Å². The zero-order valence-electron chi connectivity index (χ0n) is 12.8. The normalized spacial score (nSPS) is 18.2. The molecule has 0 N–H and O–H groups in total. The molecule has 4 nitrogen and oxygen atoms in total. The van der Waals surface area contributed by atoms with Crippen molar-refractivity contribution in [2.24, 2.45) is 4.99 Å². The van der Waals surface area contributed by atoms with E-state index in [4.69, 9.17) is 4.74 Å². The van der Waals surface area contributed by atoms with Gasteiger partial charge in [-0.25, -0.2) is 9.98 Å². The lowest BCUT2D eigenvalue weighted by Gasteiger charge is -2.19. The van der Waals surface area contributed by atoms with Gasteiger partial charge >= 0.3 is 0 Å². The molecule has 1 aliphatic carbocycles. The van der Waals surface area contributed by atoms with Crippen LogP contribution in [0.4, 0.5) is 5.69 Å². The minimum absolute atomic E-state index is 0.127. The highest BCUT2D eigenvalue weighted by Crippen LogP contribution is 2.31. The van der Waals surface area contributed by atoms with E-state index in [0.717, 1.165) is 35.2 Å². The summed E-state index contributed by atoms with van der Waals surface area (Å²) < 4.78 is 6.81. The lowest BCUT2D eigenvalue weighted by Crippen LogP contribution is -2.17. The number of hydrogen-bond donors (Lipinski definition) is 0. The number of allylic oxidation sites excluding steroid dienone is 1. The highest BCUT2D eigenvalue weighted by Gasteiger charge is 2.14. The molecule has 0 amide bonds. The van der Waals surface area contributed by atoms with Gasteiger partial charge in [0.2, 0.25) is 5.88 Å². The van der Waals surface area contributed by atoms with E-state index in [9.17, 15) is 0 Å². The van der Waals surface area contributed by atoms with Crippen molar-refractivity contribution < 1.29 is 4.74 Å². The van der Waals surface area contributed by atoms with Crippen molar-refractivity contribution >= 4 is 28.0 Å². The van der Waals surface area contributed by atoms with Gasteiger partial charge in [0.1, 0.15) is 6.10 Å². The first-order valence-electron chi connectivity index (χ1n) is 7.35. The summed E-state index contributed by atoms with van der Waals surface area (Å²) in [6, 6.07) is 1.96. The van der Waals surface area contributed by atoms with E-state index in [1.807, 2.05) is 31.3 Å². The van der Waals surface area contributed by atoms with Crippen molar-refractivity contribution in [3.63, 3.8) is 0 Å². The smallest absolute Gasteiger partial charge is 0.228 e. The van der Waals surface area contributed by atoms with Gasteiger partial charge in [-0.3, -0.25) is 0 Å². The number of aliphatic imine (C=N–C) groups is 1. The first kappa shape index (κ1) is 16.0. The van der Waals surface area contributed by atoms with Gasteiger partial charge < -0.3 is 9.64 Å². The number of aromatic nitrogens is 1. The number of pyridine rings is 1. The number of hydrogen-bond acceptors (Lipinski definition) is 3. The second-order valence-electron chi connectivity index (χ2n) is 5.21. The first-order valence-corrected chi connectivity index (χ1v) is 8.14. The Morgan fingerprint density at radius 3 is 3.05 bits per heavy atom. The minimum atomic E-state index is 0.127. The lowest BCUT2D eigenvalue weighted by atomic mass is 10.1. The Morgan fingerprint density at radius 2 is 2.38 bits per heavy atom. The number of aryl methyl sites for hydroxylation is 1. The largest absolute Gasteiger partial charge is 0.469 e. The van der Waals surface area contributed by atoms with E-state index in [0.29, 0.717) is 5.88 Å². The maximum Gasteiger partial charge on any atom is 0.228 e. The number of rotatable bonds is 5. The van der Waals surface area contributed by atoms with Crippen LogP contribution in [0.5, 0.6) is 5.88 Å². The minimum Gasteiger partial charge on any atom is -0.469 e. The van der Waals surface area contributed by atoms with E-state index in [-0.39, 0.29) is 6.10 Å². The van der Waals surface area contributed by atoms with E-state index >= 15 is 0 Å². The predicted octanol–water partition coefficient (Wildman–Crippen LogP) is 4.25. The van der Waals surface area contributed by atoms with E-state index < -0.39 is 0 Å². The molecule has 1 aromatic heterocycles. The number of halogens is 1. The van der Waals surface area contributed by atoms with Crippen LogP contribution in [0.1, 0.15) is 31.9 Å². The molecule has 2 rings (SSSR count). The molecule has 1 unspecified atom stereocenters. The fraction of sp³-hybridized carbons (Fsp3) is 0.500. The predicted molar refractivity (Wildman–Crippen MR) is 90.5 cm³/mol. The molecule has 0 radical (unpaired) electrons. The molecule has 114 valence electrons. The Kier molecular flexibility index (Phi) is 5.79. The highest BCUT2D eigenvalue weighted by molar-refractivity contribution is 9.10. The molecule has 1 heterocycles. The van der Waals surface area contributed by atoms with Gasteiger partial charge in [0.05, 0.1) is 22.2 Å². The third-order valence-corrected chi connectivity index (χ3v) is 4.04. The summed E-state index contributed by atoms with van der Waals surface area (Å²) in [5, 5.41) is 0. The van der Waals surface area contributed by atoms with Crippen molar-refractivity contribution in [2.45, 2.75) is 39.2 Å². The fourth-order valence-corrected chi connectivity index (χ4v) is 2.43. The van der Waals surface area contributed by atoms with Crippen molar-refractivity contribution in [1.82, 2.24) is 9.88 Å². The van der Waals surface area contributed by atoms with Gasteiger partial charge in [-0.05, 0) is 61.2 Å².